The maximum atomic E-state index is 5.51. The van der Waals surface area contributed by atoms with Crippen molar-refractivity contribution in [3.05, 3.63) is 39.8 Å². The fourth-order valence-electron chi connectivity index (χ4n) is 2.11. The van der Waals surface area contributed by atoms with Gasteiger partial charge in [0.2, 0.25) is 0 Å². The Hall–Kier alpha value is -1.55. The number of aromatic nitrogens is 1. The SMILES string of the molecule is CCOc1cccc(NC(C)c2sc(C)nc2C)c1. The standard InChI is InChI=1S/C15H20N2OS/c1-5-18-14-8-6-7-13(9-14)17-11(3)15-10(2)16-12(4)19-15/h6-9,11,17H,5H2,1-4H3. The number of nitrogens with zero attached hydrogens (tertiary/aromatic N) is 1. The highest BCUT2D eigenvalue weighted by atomic mass is 32.1. The van der Waals surface area contributed by atoms with E-state index < -0.39 is 0 Å². The molecule has 102 valence electrons. The summed E-state index contributed by atoms with van der Waals surface area (Å²) in [5, 5.41) is 4.62. The molecule has 0 aliphatic rings. The van der Waals surface area contributed by atoms with Crippen LogP contribution in [-0.4, -0.2) is 11.6 Å². The Bertz CT molecular complexity index is 551. The van der Waals surface area contributed by atoms with Crippen LogP contribution in [0.2, 0.25) is 0 Å². The maximum absolute atomic E-state index is 5.51. The molecule has 2 rings (SSSR count). The minimum Gasteiger partial charge on any atom is -0.494 e. The molecule has 0 aliphatic carbocycles. The summed E-state index contributed by atoms with van der Waals surface area (Å²) < 4.78 is 5.51. The molecule has 1 aromatic carbocycles. The predicted octanol–water partition coefficient (Wildman–Crippen LogP) is 4.33. The number of ether oxygens (including phenoxy) is 1. The Kier molecular flexibility index (Phi) is 4.43. The molecule has 1 heterocycles. The zero-order valence-electron chi connectivity index (χ0n) is 11.9. The van der Waals surface area contributed by atoms with E-state index in [2.05, 4.69) is 30.2 Å². The quantitative estimate of drug-likeness (QED) is 0.882. The minimum atomic E-state index is 0.253. The first-order valence-corrected chi connectivity index (χ1v) is 7.35. The van der Waals surface area contributed by atoms with Crippen LogP contribution in [0.3, 0.4) is 0 Å². The average molecular weight is 276 g/mol. The van der Waals surface area contributed by atoms with Gasteiger partial charge in [0.25, 0.3) is 0 Å². The zero-order chi connectivity index (χ0) is 13.8. The van der Waals surface area contributed by atoms with Crippen LogP contribution in [0.15, 0.2) is 24.3 Å². The average Bonchev–Trinajstić information content (AvgIpc) is 2.69. The van der Waals surface area contributed by atoms with Crippen molar-refractivity contribution in [3.63, 3.8) is 0 Å². The highest BCUT2D eigenvalue weighted by Gasteiger charge is 2.12. The molecule has 0 saturated carbocycles. The van der Waals surface area contributed by atoms with Gasteiger partial charge in [-0.25, -0.2) is 4.98 Å². The summed E-state index contributed by atoms with van der Waals surface area (Å²) in [5.74, 6) is 0.900. The molecule has 1 aromatic heterocycles. The van der Waals surface area contributed by atoms with Crippen LogP contribution >= 0.6 is 11.3 Å². The Labute approximate surface area is 118 Å². The lowest BCUT2D eigenvalue weighted by molar-refractivity contribution is 0.340. The van der Waals surface area contributed by atoms with Crippen molar-refractivity contribution in [2.75, 3.05) is 11.9 Å². The Balaban J connectivity index is 2.12. The summed E-state index contributed by atoms with van der Waals surface area (Å²) in [6.07, 6.45) is 0. The Morgan fingerprint density at radius 2 is 2.16 bits per heavy atom. The van der Waals surface area contributed by atoms with Gasteiger partial charge in [-0.3, -0.25) is 0 Å². The third kappa shape index (κ3) is 3.47. The van der Waals surface area contributed by atoms with E-state index in [0.717, 1.165) is 22.1 Å². The van der Waals surface area contributed by atoms with E-state index in [9.17, 15) is 0 Å². The monoisotopic (exact) mass is 276 g/mol. The van der Waals surface area contributed by atoms with Crippen LogP contribution in [0.5, 0.6) is 5.75 Å². The summed E-state index contributed by atoms with van der Waals surface area (Å²) in [6.45, 7) is 8.95. The molecule has 4 heteroatoms. The predicted molar refractivity (Wildman–Crippen MR) is 81.2 cm³/mol. The number of hydrogen-bond acceptors (Lipinski definition) is 4. The number of anilines is 1. The van der Waals surface area contributed by atoms with Gasteiger partial charge in [0.05, 0.1) is 23.4 Å². The Morgan fingerprint density at radius 1 is 1.37 bits per heavy atom. The molecule has 3 nitrogen and oxygen atoms in total. The van der Waals surface area contributed by atoms with Crippen molar-refractivity contribution in [2.24, 2.45) is 0 Å². The summed E-state index contributed by atoms with van der Waals surface area (Å²) in [4.78, 5) is 5.77. The van der Waals surface area contributed by atoms with Crippen LogP contribution in [-0.2, 0) is 0 Å². The van der Waals surface area contributed by atoms with E-state index in [-0.39, 0.29) is 6.04 Å². The molecule has 19 heavy (non-hydrogen) atoms. The van der Waals surface area contributed by atoms with E-state index in [1.807, 2.05) is 32.0 Å². The number of nitrogens with one attached hydrogen (secondary N) is 1. The third-order valence-electron chi connectivity index (χ3n) is 2.86. The molecule has 1 atom stereocenters. The summed E-state index contributed by atoms with van der Waals surface area (Å²) in [5.41, 5.74) is 2.19. The second-order valence-electron chi connectivity index (χ2n) is 4.51. The van der Waals surface area contributed by atoms with Gasteiger partial charge in [0.1, 0.15) is 5.75 Å². The lowest BCUT2D eigenvalue weighted by atomic mass is 10.2. The fraction of sp³-hybridized carbons (Fsp3) is 0.400. The second-order valence-corrected chi connectivity index (χ2v) is 5.74. The number of benzene rings is 1. The number of aryl methyl sites for hydroxylation is 2. The van der Waals surface area contributed by atoms with Gasteiger partial charge in [-0.15, -0.1) is 11.3 Å². The van der Waals surface area contributed by atoms with Crippen molar-refractivity contribution in [1.29, 1.82) is 0 Å². The summed E-state index contributed by atoms with van der Waals surface area (Å²) in [6, 6.07) is 8.32. The molecule has 0 saturated heterocycles. The normalized spacial score (nSPS) is 12.2. The first-order valence-electron chi connectivity index (χ1n) is 6.53. The summed E-state index contributed by atoms with van der Waals surface area (Å²) in [7, 11) is 0. The molecule has 0 aliphatic heterocycles. The molecule has 0 fully saturated rings. The molecule has 2 aromatic rings. The maximum Gasteiger partial charge on any atom is 0.121 e. The Morgan fingerprint density at radius 3 is 2.79 bits per heavy atom. The van der Waals surface area contributed by atoms with E-state index in [1.165, 1.54) is 4.88 Å². The molecule has 0 bridgehead atoms. The first-order chi connectivity index (χ1) is 9.10. The highest BCUT2D eigenvalue weighted by molar-refractivity contribution is 7.11. The van der Waals surface area contributed by atoms with E-state index in [1.54, 1.807) is 11.3 Å². The largest absolute Gasteiger partial charge is 0.494 e. The molecule has 1 unspecified atom stereocenters. The van der Waals surface area contributed by atoms with Gasteiger partial charge >= 0.3 is 0 Å². The van der Waals surface area contributed by atoms with E-state index in [4.69, 9.17) is 4.74 Å². The van der Waals surface area contributed by atoms with Crippen LogP contribution in [0.25, 0.3) is 0 Å². The van der Waals surface area contributed by atoms with E-state index >= 15 is 0 Å². The van der Waals surface area contributed by atoms with Crippen molar-refractivity contribution in [3.8, 4) is 5.75 Å². The van der Waals surface area contributed by atoms with Gasteiger partial charge in [0, 0.05) is 16.6 Å². The molecule has 0 amide bonds. The number of rotatable bonds is 5. The van der Waals surface area contributed by atoms with Gasteiger partial charge in [-0.05, 0) is 39.8 Å². The van der Waals surface area contributed by atoms with Crippen molar-refractivity contribution in [2.45, 2.75) is 33.7 Å². The first kappa shape index (κ1) is 13.9. The topological polar surface area (TPSA) is 34.1 Å². The molecule has 0 radical (unpaired) electrons. The summed E-state index contributed by atoms with van der Waals surface area (Å²) >= 11 is 1.75. The fourth-order valence-corrected chi connectivity index (χ4v) is 3.04. The van der Waals surface area contributed by atoms with Gasteiger partial charge in [-0.2, -0.15) is 0 Å². The molecular weight excluding hydrogens is 256 g/mol. The van der Waals surface area contributed by atoms with Crippen LogP contribution < -0.4 is 10.1 Å². The van der Waals surface area contributed by atoms with Crippen molar-refractivity contribution >= 4 is 17.0 Å². The second kappa shape index (κ2) is 6.06. The van der Waals surface area contributed by atoms with Gasteiger partial charge in [0.15, 0.2) is 0 Å². The van der Waals surface area contributed by atoms with Crippen LogP contribution in [0.4, 0.5) is 5.69 Å². The van der Waals surface area contributed by atoms with Crippen LogP contribution in [0.1, 0.15) is 35.5 Å². The molecular formula is C15H20N2OS. The number of hydrogen-bond donors (Lipinski definition) is 1. The minimum absolute atomic E-state index is 0.253. The van der Waals surface area contributed by atoms with E-state index in [0.29, 0.717) is 6.61 Å². The van der Waals surface area contributed by atoms with Gasteiger partial charge in [-0.1, -0.05) is 6.07 Å². The third-order valence-corrected chi connectivity index (χ3v) is 4.12. The van der Waals surface area contributed by atoms with Crippen molar-refractivity contribution < 1.29 is 4.74 Å². The lowest BCUT2D eigenvalue weighted by Gasteiger charge is -2.15. The molecule has 0 spiro atoms. The lowest BCUT2D eigenvalue weighted by Crippen LogP contribution is -2.06. The molecule has 1 N–H and O–H groups in total. The van der Waals surface area contributed by atoms with Gasteiger partial charge < -0.3 is 10.1 Å². The van der Waals surface area contributed by atoms with Crippen LogP contribution in [0, 0.1) is 13.8 Å². The zero-order valence-corrected chi connectivity index (χ0v) is 12.7. The number of thiazole rings is 1. The van der Waals surface area contributed by atoms with Crippen molar-refractivity contribution in [1.82, 2.24) is 4.98 Å². The smallest absolute Gasteiger partial charge is 0.121 e. The highest BCUT2D eigenvalue weighted by Crippen LogP contribution is 2.28.